The molecule has 19 heavy (non-hydrogen) atoms. The largest absolute Gasteiger partial charge is 0.372 e. The number of primary amides is 1. The third kappa shape index (κ3) is 3.07. The average molecular weight is 261 g/mol. The number of nitrogens with two attached hydrogens (primary N) is 2. The normalized spacial score (nSPS) is 23.1. The van der Waals surface area contributed by atoms with E-state index >= 15 is 0 Å². The molecular weight excluding hydrogens is 238 g/mol. The van der Waals surface area contributed by atoms with Crippen LogP contribution >= 0.6 is 0 Å². The summed E-state index contributed by atoms with van der Waals surface area (Å²) in [6.07, 6.45) is 4.45. The highest BCUT2D eigenvalue weighted by Crippen LogP contribution is 2.27. The molecule has 1 aromatic carbocycles. The zero-order valence-corrected chi connectivity index (χ0v) is 11.7. The van der Waals surface area contributed by atoms with Gasteiger partial charge in [-0.2, -0.15) is 0 Å². The highest BCUT2D eigenvalue weighted by Gasteiger charge is 2.22. The molecule has 0 aliphatic heterocycles. The number of carbonyl (C=O) groups excluding carboxylic acids is 1. The van der Waals surface area contributed by atoms with Crippen molar-refractivity contribution in [1.29, 1.82) is 0 Å². The SMILES string of the molecule is Cc1cc(N(C)C2CCC(N)CC2)ccc1C(N)=O. The third-order valence-corrected chi connectivity index (χ3v) is 4.17. The number of hydrogen-bond acceptors (Lipinski definition) is 3. The second kappa shape index (κ2) is 5.61. The number of amides is 1. The quantitative estimate of drug-likeness (QED) is 0.871. The van der Waals surface area contributed by atoms with Crippen LogP contribution in [0.25, 0.3) is 0 Å². The van der Waals surface area contributed by atoms with E-state index in [0.29, 0.717) is 17.6 Å². The second-order valence-corrected chi connectivity index (χ2v) is 5.54. The lowest BCUT2D eigenvalue weighted by Crippen LogP contribution is -2.38. The Morgan fingerprint density at radius 1 is 1.26 bits per heavy atom. The van der Waals surface area contributed by atoms with Crippen LogP contribution in [0.1, 0.15) is 41.6 Å². The summed E-state index contributed by atoms with van der Waals surface area (Å²) in [6, 6.07) is 6.73. The lowest BCUT2D eigenvalue weighted by molar-refractivity contribution is 0.0999. The van der Waals surface area contributed by atoms with Gasteiger partial charge >= 0.3 is 0 Å². The summed E-state index contributed by atoms with van der Waals surface area (Å²) in [5, 5.41) is 0. The van der Waals surface area contributed by atoms with Crippen molar-refractivity contribution in [3.05, 3.63) is 29.3 Å². The second-order valence-electron chi connectivity index (χ2n) is 5.54. The molecule has 1 aromatic rings. The standard InChI is InChI=1S/C15H23N3O/c1-10-9-13(7-8-14(10)15(17)19)18(2)12-5-3-11(16)4-6-12/h7-9,11-12H,3-6,16H2,1-2H3,(H2,17,19). The molecule has 0 saturated heterocycles. The van der Waals surface area contributed by atoms with Crippen LogP contribution in [0.5, 0.6) is 0 Å². The molecule has 0 spiro atoms. The van der Waals surface area contributed by atoms with Crippen LogP contribution in [0.4, 0.5) is 5.69 Å². The number of anilines is 1. The van der Waals surface area contributed by atoms with Crippen molar-refractivity contribution in [2.75, 3.05) is 11.9 Å². The summed E-state index contributed by atoms with van der Waals surface area (Å²) in [7, 11) is 2.11. The third-order valence-electron chi connectivity index (χ3n) is 4.17. The molecule has 1 saturated carbocycles. The maximum Gasteiger partial charge on any atom is 0.248 e. The van der Waals surface area contributed by atoms with Crippen molar-refractivity contribution < 1.29 is 4.79 Å². The Morgan fingerprint density at radius 2 is 1.89 bits per heavy atom. The molecule has 1 aliphatic rings. The van der Waals surface area contributed by atoms with Crippen LogP contribution in [-0.4, -0.2) is 25.0 Å². The lowest BCUT2D eigenvalue weighted by atomic mass is 9.90. The van der Waals surface area contributed by atoms with Crippen LogP contribution in [0.15, 0.2) is 18.2 Å². The number of hydrogen-bond donors (Lipinski definition) is 2. The molecule has 1 aliphatic carbocycles. The Hall–Kier alpha value is -1.55. The summed E-state index contributed by atoms with van der Waals surface area (Å²) in [5.74, 6) is -0.365. The molecule has 104 valence electrons. The molecule has 4 heteroatoms. The molecule has 1 fully saturated rings. The van der Waals surface area contributed by atoms with Crippen molar-refractivity contribution in [3.8, 4) is 0 Å². The minimum atomic E-state index is -0.365. The molecule has 4 nitrogen and oxygen atoms in total. The average Bonchev–Trinajstić information content (AvgIpc) is 2.38. The van der Waals surface area contributed by atoms with Crippen LogP contribution < -0.4 is 16.4 Å². The number of nitrogens with zero attached hydrogens (tertiary/aromatic N) is 1. The van der Waals surface area contributed by atoms with Crippen molar-refractivity contribution in [1.82, 2.24) is 0 Å². The van der Waals surface area contributed by atoms with Gasteiger partial charge in [-0.3, -0.25) is 4.79 Å². The van der Waals surface area contributed by atoms with Gasteiger partial charge in [-0.15, -0.1) is 0 Å². The van der Waals surface area contributed by atoms with E-state index in [9.17, 15) is 4.79 Å². The van der Waals surface area contributed by atoms with E-state index in [2.05, 4.69) is 11.9 Å². The van der Waals surface area contributed by atoms with E-state index in [4.69, 9.17) is 11.5 Å². The highest BCUT2D eigenvalue weighted by atomic mass is 16.1. The number of aryl methyl sites for hydroxylation is 1. The maximum absolute atomic E-state index is 11.2. The maximum atomic E-state index is 11.2. The van der Waals surface area contributed by atoms with E-state index in [1.54, 1.807) is 0 Å². The summed E-state index contributed by atoms with van der Waals surface area (Å²) < 4.78 is 0. The van der Waals surface area contributed by atoms with Crippen LogP contribution in [-0.2, 0) is 0 Å². The highest BCUT2D eigenvalue weighted by molar-refractivity contribution is 5.94. The van der Waals surface area contributed by atoms with E-state index in [1.807, 2.05) is 25.1 Å². The predicted octanol–water partition coefficient (Wildman–Crippen LogP) is 1.80. The van der Waals surface area contributed by atoms with E-state index in [1.165, 1.54) is 0 Å². The Bertz CT molecular complexity index is 464. The molecular formula is C15H23N3O. The summed E-state index contributed by atoms with van der Waals surface area (Å²) in [6.45, 7) is 1.92. The first-order valence-electron chi connectivity index (χ1n) is 6.88. The van der Waals surface area contributed by atoms with Gasteiger partial charge in [0, 0.05) is 30.4 Å². The Morgan fingerprint density at radius 3 is 2.42 bits per heavy atom. The molecule has 0 radical (unpaired) electrons. The number of rotatable bonds is 3. The van der Waals surface area contributed by atoms with Crippen molar-refractivity contribution >= 4 is 11.6 Å². The van der Waals surface area contributed by atoms with Gasteiger partial charge in [0.2, 0.25) is 5.91 Å². The number of carbonyl (C=O) groups is 1. The van der Waals surface area contributed by atoms with Gasteiger partial charge in [-0.25, -0.2) is 0 Å². The fraction of sp³-hybridized carbons (Fsp3) is 0.533. The molecule has 0 atom stereocenters. The van der Waals surface area contributed by atoms with Crippen LogP contribution in [0, 0.1) is 6.92 Å². The first kappa shape index (κ1) is 13.9. The molecule has 2 rings (SSSR count). The van der Waals surface area contributed by atoms with Gasteiger partial charge < -0.3 is 16.4 Å². The van der Waals surface area contributed by atoms with Crippen LogP contribution in [0.2, 0.25) is 0 Å². The van der Waals surface area contributed by atoms with Gasteiger partial charge in [0.1, 0.15) is 0 Å². The predicted molar refractivity (Wildman–Crippen MR) is 78.3 cm³/mol. The zero-order valence-electron chi connectivity index (χ0n) is 11.7. The van der Waals surface area contributed by atoms with Crippen molar-refractivity contribution in [2.45, 2.75) is 44.7 Å². The minimum absolute atomic E-state index is 0.364. The Kier molecular flexibility index (Phi) is 4.10. The molecule has 0 bridgehead atoms. The Labute approximate surface area is 114 Å². The molecule has 0 unspecified atom stereocenters. The topological polar surface area (TPSA) is 72.3 Å². The Balaban J connectivity index is 2.13. The van der Waals surface area contributed by atoms with Gasteiger partial charge in [0.15, 0.2) is 0 Å². The van der Waals surface area contributed by atoms with E-state index in [0.717, 1.165) is 36.9 Å². The van der Waals surface area contributed by atoms with E-state index < -0.39 is 0 Å². The molecule has 0 heterocycles. The zero-order chi connectivity index (χ0) is 14.0. The van der Waals surface area contributed by atoms with Gasteiger partial charge in [-0.05, 0) is 56.4 Å². The van der Waals surface area contributed by atoms with Gasteiger partial charge in [0.25, 0.3) is 0 Å². The smallest absolute Gasteiger partial charge is 0.248 e. The molecule has 0 aromatic heterocycles. The summed E-state index contributed by atoms with van der Waals surface area (Å²) >= 11 is 0. The monoisotopic (exact) mass is 261 g/mol. The minimum Gasteiger partial charge on any atom is -0.372 e. The number of benzene rings is 1. The van der Waals surface area contributed by atoms with Crippen molar-refractivity contribution in [2.24, 2.45) is 11.5 Å². The first-order valence-corrected chi connectivity index (χ1v) is 6.88. The fourth-order valence-corrected chi connectivity index (χ4v) is 2.84. The fourth-order valence-electron chi connectivity index (χ4n) is 2.84. The van der Waals surface area contributed by atoms with Crippen LogP contribution in [0.3, 0.4) is 0 Å². The first-order chi connectivity index (χ1) is 8.99. The van der Waals surface area contributed by atoms with Gasteiger partial charge in [-0.1, -0.05) is 0 Å². The molecule has 4 N–H and O–H groups in total. The van der Waals surface area contributed by atoms with E-state index in [-0.39, 0.29) is 5.91 Å². The molecule has 1 amide bonds. The summed E-state index contributed by atoms with van der Waals surface area (Å²) in [5.41, 5.74) is 14.0. The van der Waals surface area contributed by atoms with Crippen molar-refractivity contribution in [3.63, 3.8) is 0 Å². The van der Waals surface area contributed by atoms with Gasteiger partial charge in [0.05, 0.1) is 0 Å². The summed E-state index contributed by atoms with van der Waals surface area (Å²) in [4.78, 5) is 13.5. The lowest BCUT2D eigenvalue weighted by Gasteiger charge is -2.35.